The van der Waals surface area contributed by atoms with E-state index in [9.17, 15) is 14.4 Å². The smallest absolute Gasteiger partial charge is 0.250 e. The summed E-state index contributed by atoms with van der Waals surface area (Å²) in [6.45, 7) is 2.25. The van der Waals surface area contributed by atoms with Gasteiger partial charge in [-0.05, 0) is 36.5 Å². The maximum Gasteiger partial charge on any atom is 0.250 e. The summed E-state index contributed by atoms with van der Waals surface area (Å²) >= 11 is 0. The number of hydrogen-bond acceptors (Lipinski definition) is 4. The molecule has 0 aromatic heterocycles. The molecule has 0 bridgehead atoms. The fourth-order valence-corrected chi connectivity index (χ4v) is 6.18. The minimum absolute atomic E-state index is 0.185. The molecule has 3 aliphatic heterocycles. The molecular weight excluding hydrogens is 438 g/mol. The molecule has 35 heavy (non-hydrogen) atoms. The Hall–Kier alpha value is -3.77. The normalized spacial score (nSPS) is 26.8. The van der Waals surface area contributed by atoms with Crippen LogP contribution in [0.2, 0.25) is 0 Å². The monoisotopic (exact) mass is 465 g/mol. The molecule has 3 aromatic carbocycles. The minimum Gasteiger partial charge on any atom is -0.324 e. The number of anilines is 1. The number of benzene rings is 3. The van der Waals surface area contributed by atoms with E-state index in [-0.39, 0.29) is 23.8 Å². The molecule has 6 heteroatoms. The molecule has 1 spiro atoms. The number of fused-ring (bicyclic) bond motifs is 4. The van der Waals surface area contributed by atoms with Gasteiger partial charge in [0.15, 0.2) is 0 Å². The molecule has 6 rings (SSSR count). The van der Waals surface area contributed by atoms with Gasteiger partial charge in [-0.15, -0.1) is 0 Å². The number of aryl methyl sites for hydroxylation is 1. The van der Waals surface area contributed by atoms with Crippen molar-refractivity contribution < 1.29 is 14.4 Å². The van der Waals surface area contributed by atoms with Crippen LogP contribution in [0.3, 0.4) is 0 Å². The third kappa shape index (κ3) is 3.24. The number of amides is 3. The van der Waals surface area contributed by atoms with Gasteiger partial charge in [0, 0.05) is 23.8 Å². The van der Waals surface area contributed by atoms with Crippen molar-refractivity contribution in [3.63, 3.8) is 0 Å². The number of nitrogens with one attached hydrogen (secondary N) is 2. The van der Waals surface area contributed by atoms with Crippen LogP contribution in [0.5, 0.6) is 0 Å². The van der Waals surface area contributed by atoms with Crippen molar-refractivity contribution in [3.05, 3.63) is 101 Å². The summed E-state index contributed by atoms with van der Waals surface area (Å²) in [4.78, 5) is 42.7. The number of rotatable bonds is 5. The maximum absolute atomic E-state index is 13.9. The highest BCUT2D eigenvalue weighted by atomic mass is 16.2. The number of para-hydroxylation sites is 1. The van der Waals surface area contributed by atoms with Crippen molar-refractivity contribution in [1.82, 2.24) is 10.2 Å². The zero-order chi connectivity index (χ0) is 24.2. The summed E-state index contributed by atoms with van der Waals surface area (Å²) in [7, 11) is 0. The highest BCUT2D eigenvalue weighted by molar-refractivity contribution is 6.15. The van der Waals surface area contributed by atoms with Crippen LogP contribution in [0.15, 0.2) is 78.9 Å². The van der Waals surface area contributed by atoms with Crippen molar-refractivity contribution in [2.75, 3.05) is 11.9 Å². The Morgan fingerprint density at radius 1 is 0.829 bits per heavy atom. The van der Waals surface area contributed by atoms with E-state index in [0.717, 1.165) is 27.9 Å². The molecule has 176 valence electrons. The second-order valence-corrected chi connectivity index (χ2v) is 9.77. The molecule has 0 aliphatic carbocycles. The second-order valence-electron chi connectivity index (χ2n) is 9.77. The van der Waals surface area contributed by atoms with Crippen LogP contribution < -0.4 is 10.6 Å². The molecule has 4 atom stereocenters. The van der Waals surface area contributed by atoms with Crippen LogP contribution in [-0.4, -0.2) is 35.2 Å². The minimum atomic E-state index is -1.25. The summed E-state index contributed by atoms with van der Waals surface area (Å²) in [5.74, 6) is -2.07. The summed E-state index contributed by atoms with van der Waals surface area (Å²) in [5.41, 5.74) is 3.33. The van der Waals surface area contributed by atoms with E-state index in [1.54, 1.807) is 0 Å². The quantitative estimate of drug-likeness (QED) is 0.568. The molecular formula is C29H27N3O3. The Kier molecular flexibility index (Phi) is 5.07. The number of carbonyl (C=O) groups excluding carboxylic acids is 3. The number of hydrogen-bond donors (Lipinski definition) is 2. The number of likely N-dealkylation sites (tertiary alicyclic amines) is 1. The van der Waals surface area contributed by atoms with Gasteiger partial charge >= 0.3 is 0 Å². The summed E-state index contributed by atoms with van der Waals surface area (Å²) in [6.07, 6.45) is 1.15. The molecule has 2 N–H and O–H groups in total. The van der Waals surface area contributed by atoms with Gasteiger partial charge in [0.05, 0.1) is 11.8 Å². The molecule has 2 fully saturated rings. The second kappa shape index (κ2) is 8.17. The number of nitrogens with zero attached hydrogens (tertiary/aromatic N) is 1. The topological polar surface area (TPSA) is 78.5 Å². The Labute approximate surface area is 204 Å². The van der Waals surface area contributed by atoms with Gasteiger partial charge in [-0.25, -0.2) is 0 Å². The standard InChI is InChI=1S/C29H27N3O3/c1-18-9-8-14-21-25(18)30-28(35)29(21)24-23(22(31-29)17-20-12-6-3-7-13-20)26(33)32(27(24)34)16-15-19-10-4-2-5-11-19/h2-14,22-24,31H,15-17H2,1H3,(H,30,35)/t22-,23+,24-,29+/m0/s1. The molecule has 3 amide bonds. The lowest BCUT2D eigenvalue weighted by Crippen LogP contribution is -2.53. The van der Waals surface area contributed by atoms with Crippen LogP contribution in [0.1, 0.15) is 22.3 Å². The van der Waals surface area contributed by atoms with Crippen molar-refractivity contribution >= 4 is 23.4 Å². The molecule has 3 aliphatic rings. The first-order chi connectivity index (χ1) is 17.0. The third-order valence-corrected chi connectivity index (χ3v) is 7.82. The summed E-state index contributed by atoms with van der Waals surface area (Å²) in [6, 6.07) is 25.2. The molecule has 2 saturated heterocycles. The van der Waals surface area contributed by atoms with E-state index < -0.39 is 17.4 Å². The fraction of sp³-hybridized carbons (Fsp3) is 0.276. The lowest BCUT2D eigenvalue weighted by molar-refractivity contribution is -0.142. The van der Waals surface area contributed by atoms with Gasteiger partial charge in [-0.1, -0.05) is 78.9 Å². The third-order valence-electron chi connectivity index (χ3n) is 7.82. The highest BCUT2D eigenvalue weighted by Crippen LogP contribution is 2.53. The van der Waals surface area contributed by atoms with Crippen LogP contribution in [0, 0.1) is 18.8 Å². The first-order valence-corrected chi connectivity index (χ1v) is 12.1. The average Bonchev–Trinajstić information content (AvgIpc) is 3.45. The number of carbonyl (C=O) groups is 3. The van der Waals surface area contributed by atoms with E-state index in [1.807, 2.05) is 85.8 Å². The lowest BCUT2D eigenvalue weighted by Gasteiger charge is -2.29. The van der Waals surface area contributed by atoms with Crippen molar-refractivity contribution in [2.24, 2.45) is 11.8 Å². The van der Waals surface area contributed by atoms with E-state index in [4.69, 9.17) is 0 Å². The predicted octanol–water partition coefficient (Wildman–Crippen LogP) is 3.20. The first kappa shape index (κ1) is 21.7. The van der Waals surface area contributed by atoms with Gasteiger partial charge in [0.1, 0.15) is 5.54 Å². The van der Waals surface area contributed by atoms with Crippen LogP contribution >= 0.6 is 0 Å². The zero-order valence-electron chi connectivity index (χ0n) is 19.5. The summed E-state index contributed by atoms with van der Waals surface area (Å²) < 4.78 is 0. The Morgan fingerprint density at radius 3 is 2.23 bits per heavy atom. The fourth-order valence-electron chi connectivity index (χ4n) is 6.18. The van der Waals surface area contributed by atoms with E-state index in [2.05, 4.69) is 10.6 Å². The van der Waals surface area contributed by atoms with E-state index >= 15 is 0 Å². The van der Waals surface area contributed by atoms with Gasteiger partial charge in [-0.3, -0.25) is 24.6 Å². The lowest BCUT2D eigenvalue weighted by atomic mass is 9.76. The molecule has 0 radical (unpaired) electrons. The van der Waals surface area contributed by atoms with Crippen molar-refractivity contribution in [1.29, 1.82) is 0 Å². The Balaban J connectivity index is 1.41. The van der Waals surface area contributed by atoms with Crippen LogP contribution in [-0.2, 0) is 32.8 Å². The Bertz CT molecular complexity index is 1320. The molecule has 3 aromatic rings. The van der Waals surface area contributed by atoms with Gasteiger partial charge < -0.3 is 5.32 Å². The Morgan fingerprint density at radius 2 is 1.51 bits per heavy atom. The summed E-state index contributed by atoms with van der Waals surface area (Å²) in [5, 5.41) is 6.54. The SMILES string of the molecule is Cc1cccc2c1NC(=O)[C@@]21N[C@@H](Cc2ccccc2)[C@H]2C(=O)N(CCc3ccccc3)C(=O)[C@H]21. The van der Waals surface area contributed by atoms with Crippen molar-refractivity contribution in [2.45, 2.75) is 31.3 Å². The average molecular weight is 466 g/mol. The predicted molar refractivity (Wildman–Crippen MR) is 132 cm³/mol. The molecule has 3 heterocycles. The van der Waals surface area contributed by atoms with Crippen molar-refractivity contribution in [3.8, 4) is 0 Å². The molecule has 0 saturated carbocycles. The largest absolute Gasteiger partial charge is 0.324 e. The number of imide groups is 1. The van der Waals surface area contributed by atoms with E-state index in [1.165, 1.54) is 4.90 Å². The first-order valence-electron chi connectivity index (χ1n) is 12.1. The maximum atomic E-state index is 13.9. The van der Waals surface area contributed by atoms with Gasteiger partial charge in [0.25, 0.3) is 0 Å². The van der Waals surface area contributed by atoms with Gasteiger partial charge in [0.2, 0.25) is 17.7 Å². The van der Waals surface area contributed by atoms with Crippen LogP contribution in [0.25, 0.3) is 0 Å². The molecule has 0 unspecified atom stereocenters. The van der Waals surface area contributed by atoms with Crippen LogP contribution in [0.4, 0.5) is 5.69 Å². The zero-order valence-corrected chi connectivity index (χ0v) is 19.5. The highest BCUT2D eigenvalue weighted by Gasteiger charge is 2.70. The molecule has 6 nitrogen and oxygen atoms in total. The van der Waals surface area contributed by atoms with E-state index in [0.29, 0.717) is 19.4 Å². The van der Waals surface area contributed by atoms with Gasteiger partial charge in [-0.2, -0.15) is 0 Å².